The van der Waals surface area contributed by atoms with Gasteiger partial charge in [0.1, 0.15) is 5.82 Å². The molecule has 1 aromatic heterocycles. The van der Waals surface area contributed by atoms with Crippen LogP contribution in [0.1, 0.15) is 39.0 Å². The Morgan fingerprint density at radius 3 is 2.95 bits per heavy atom. The Morgan fingerprint density at radius 1 is 1.40 bits per heavy atom. The average Bonchev–Trinajstić information content (AvgIpc) is 2.48. The number of pyridine rings is 1. The molecule has 1 aromatic rings. The molecule has 0 amide bonds. The minimum absolute atomic E-state index is 0.228. The number of hydrogen-bond acceptors (Lipinski definition) is 5. The van der Waals surface area contributed by atoms with Crippen LogP contribution in [0.2, 0.25) is 0 Å². The van der Waals surface area contributed by atoms with Crippen LogP contribution < -0.4 is 15.8 Å². The lowest BCUT2D eigenvalue weighted by Crippen LogP contribution is -2.34. The van der Waals surface area contributed by atoms with E-state index in [1.807, 2.05) is 19.1 Å². The number of nitrogen functional groups attached to an aromatic ring is 1. The van der Waals surface area contributed by atoms with Gasteiger partial charge in [0.15, 0.2) is 0 Å². The highest BCUT2D eigenvalue weighted by Crippen LogP contribution is 2.28. The Hall–Kier alpha value is -1.49. The highest BCUT2D eigenvalue weighted by Gasteiger charge is 2.24. The number of aliphatic hydroxyl groups excluding tert-OH is 1. The highest BCUT2D eigenvalue weighted by molar-refractivity contribution is 5.53. The summed E-state index contributed by atoms with van der Waals surface area (Å²) in [6.07, 6.45) is 5.46. The highest BCUT2D eigenvalue weighted by atomic mass is 16.5. The molecular weight excluding hydrogens is 254 g/mol. The fraction of sp³-hybridized carbons (Fsp3) is 0.667. The van der Waals surface area contributed by atoms with E-state index >= 15 is 0 Å². The van der Waals surface area contributed by atoms with Gasteiger partial charge < -0.3 is 20.9 Å². The van der Waals surface area contributed by atoms with Crippen molar-refractivity contribution in [1.29, 1.82) is 0 Å². The summed E-state index contributed by atoms with van der Waals surface area (Å²) < 4.78 is 5.54. The summed E-state index contributed by atoms with van der Waals surface area (Å²) in [5, 5.41) is 12.9. The SMILES string of the molecule is CCCOc1nc(NC2CCCCC2CO)ccc1N. The van der Waals surface area contributed by atoms with E-state index in [9.17, 15) is 5.11 Å². The molecule has 4 N–H and O–H groups in total. The van der Waals surface area contributed by atoms with Crippen LogP contribution in [0, 0.1) is 5.92 Å². The van der Waals surface area contributed by atoms with Crippen LogP contribution in [-0.4, -0.2) is 29.3 Å². The van der Waals surface area contributed by atoms with E-state index in [0.29, 0.717) is 24.1 Å². The zero-order chi connectivity index (χ0) is 14.4. The lowest BCUT2D eigenvalue weighted by atomic mass is 9.85. The number of aliphatic hydroxyl groups is 1. The molecule has 1 aliphatic rings. The lowest BCUT2D eigenvalue weighted by Gasteiger charge is -2.31. The number of nitrogens with one attached hydrogen (secondary N) is 1. The molecule has 2 rings (SSSR count). The van der Waals surface area contributed by atoms with Crippen LogP contribution in [0.25, 0.3) is 0 Å². The third-order valence-corrected chi connectivity index (χ3v) is 3.81. The van der Waals surface area contributed by atoms with Crippen molar-refractivity contribution in [2.75, 3.05) is 24.3 Å². The van der Waals surface area contributed by atoms with E-state index < -0.39 is 0 Å². The molecule has 1 saturated carbocycles. The minimum atomic E-state index is 0.228. The van der Waals surface area contributed by atoms with Crippen LogP contribution in [0.3, 0.4) is 0 Å². The summed E-state index contributed by atoms with van der Waals surface area (Å²) in [7, 11) is 0. The Labute approximate surface area is 120 Å². The van der Waals surface area contributed by atoms with Gasteiger partial charge in [-0.15, -0.1) is 0 Å². The van der Waals surface area contributed by atoms with Gasteiger partial charge >= 0.3 is 0 Å². The van der Waals surface area contributed by atoms with Crippen molar-refractivity contribution in [3.8, 4) is 5.88 Å². The first kappa shape index (κ1) is 14.9. The van der Waals surface area contributed by atoms with E-state index in [-0.39, 0.29) is 12.6 Å². The normalized spacial score (nSPS) is 22.5. The van der Waals surface area contributed by atoms with Crippen LogP contribution in [0.5, 0.6) is 5.88 Å². The Balaban J connectivity index is 2.04. The van der Waals surface area contributed by atoms with Gasteiger partial charge in [-0.2, -0.15) is 4.98 Å². The number of ether oxygens (including phenoxy) is 1. The zero-order valence-corrected chi connectivity index (χ0v) is 12.1. The first-order chi connectivity index (χ1) is 9.74. The van der Waals surface area contributed by atoms with E-state index in [2.05, 4.69) is 10.3 Å². The smallest absolute Gasteiger partial charge is 0.239 e. The number of nitrogens with zero attached hydrogens (tertiary/aromatic N) is 1. The van der Waals surface area contributed by atoms with E-state index in [4.69, 9.17) is 10.5 Å². The molecule has 2 atom stereocenters. The fourth-order valence-electron chi connectivity index (χ4n) is 2.65. The molecule has 2 unspecified atom stereocenters. The number of nitrogens with two attached hydrogens (primary N) is 1. The van der Waals surface area contributed by atoms with Crippen LogP contribution in [-0.2, 0) is 0 Å². The van der Waals surface area contributed by atoms with E-state index in [1.165, 1.54) is 12.8 Å². The summed E-state index contributed by atoms with van der Waals surface area (Å²) >= 11 is 0. The van der Waals surface area contributed by atoms with Gasteiger partial charge in [-0.25, -0.2) is 0 Å². The predicted octanol–water partition coefficient (Wildman–Crippen LogP) is 2.42. The standard InChI is InChI=1S/C15H25N3O2/c1-2-9-20-15-12(16)7-8-14(18-15)17-13-6-4-3-5-11(13)10-19/h7-8,11,13,19H,2-6,9-10,16H2,1H3,(H,17,18). The maximum Gasteiger partial charge on any atom is 0.239 e. The van der Waals surface area contributed by atoms with Crippen LogP contribution >= 0.6 is 0 Å². The number of rotatable bonds is 6. The molecule has 0 aromatic carbocycles. The third-order valence-electron chi connectivity index (χ3n) is 3.81. The molecule has 1 heterocycles. The van der Waals surface area contributed by atoms with Crippen molar-refractivity contribution in [2.24, 2.45) is 5.92 Å². The lowest BCUT2D eigenvalue weighted by molar-refractivity contribution is 0.178. The van der Waals surface area contributed by atoms with Crippen molar-refractivity contribution in [1.82, 2.24) is 4.98 Å². The molecule has 20 heavy (non-hydrogen) atoms. The van der Waals surface area contributed by atoms with Gasteiger partial charge in [0.2, 0.25) is 5.88 Å². The topological polar surface area (TPSA) is 80.4 Å². The first-order valence-electron chi connectivity index (χ1n) is 7.51. The maximum atomic E-state index is 9.45. The Morgan fingerprint density at radius 2 is 2.20 bits per heavy atom. The monoisotopic (exact) mass is 279 g/mol. The van der Waals surface area contributed by atoms with Gasteiger partial charge in [-0.3, -0.25) is 0 Å². The summed E-state index contributed by atoms with van der Waals surface area (Å²) in [5.74, 6) is 1.58. The van der Waals surface area contributed by atoms with E-state index in [1.54, 1.807) is 0 Å². The zero-order valence-electron chi connectivity index (χ0n) is 12.1. The predicted molar refractivity (Wildman–Crippen MR) is 80.9 cm³/mol. The maximum absolute atomic E-state index is 9.45. The molecule has 1 aliphatic carbocycles. The fourth-order valence-corrected chi connectivity index (χ4v) is 2.65. The molecule has 0 bridgehead atoms. The molecule has 5 heteroatoms. The number of hydrogen-bond donors (Lipinski definition) is 3. The average molecular weight is 279 g/mol. The molecule has 112 valence electrons. The van der Waals surface area contributed by atoms with Crippen molar-refractivity contribution in [3.05, 3.63) is 12.1 Å². The van der Waals surface area contributed by atoms with E-state index in [0.717, 1.165) is 25.1 Å². The second-order valence-corrected chi connectivity index (χ2v) is 5.42. The summed E-state index contributed by atoms with van der Waals surface area (Å²) in [6.45, 7) is 2.89. The number of aromatic nitrogens is 1. The summed E-state index contributed by atoms with van der Waals surface area (Å²) in [6, 6.07) is 3.97. The van der Waals surface area contributed by atoms with Crippen molar-refractivity contribution in [3.63, 3.8) is 0 Å². The minimum Gasteiger partial charge on any atom is -0.476 e. The van der Waals surface area contributed by atoms with Crippen molar-refractivity contribution < 1.29 is 9.84 Å². The summed E-state index contributed by atoms with van der Waals surface area (Å²) in [4.78, 5) is 4.43. The van der Waals surface area contributed by atoms with Gasteiger partial charge in [-0.1, -0.05) is 19.8 Å². The molecule has 0 saturated heterocycles. The Bertz CT molecular complexity index is 426. The van der Waals surface area contributed by atoms with Crippen molar-refractivity contribution >= 4 is 11.5 Å². The second kappa shape index (κ2) is 7.33. The Kier molecular flexibility index (Phi) is 5.47. The number of anilines is 2. The molecule has 1 fully saturated rings. The quantitative estimate of drug-likeness (QED) is 0.745. The van der Waals surface area contributed by atoms with Gasteiger partial charge in [0, 0.05) is 18.6 Å². The second-order valence-electron chi connectivity index (χ2n) is 5.42. The van der Waals surface area contributed by atoms with Gasteiger partial charge in [0.25, 0.3) is 0 Å². The molecule has 0 aliphatic heterocycles. The van der Waals surface area contributed by atoms with Crippen LogP contribution in [0.4, 0.5) is 11.5 Å². The molecular formula is C15H25N3O2. The largest absolute Gasteiger partial charge is 0.476 e. The first-order valence-corrected chi connectivity index (χ1v) is 7.51. The van der Waals surface area contributed by atoms with Crippen molar-refractivity contribution in [2.45, 2.75) is 45.1 Å². The van der Waals surface area contributed by atoms with Crippen LogP contribution in [0.15, 0.2) is 12.1 Å². The van der Waals surface area contributed by atoms with Gasteiger partial charge in [-0.05, 0) is 31.4 Å². The summed E-state index contributed by atoms with van der Waals surface area (Å²) in [5.41, 5.74) is 6.42. The molecule has 0 radical (unpaired) electrons. The van der Waals surface area contributed by atoms with Gasteiger partial charge in [0.05, 0.1) is 12.3 Å². The molecule has 0 spiro atoms. The third kappa shape index (κ3) is 3.76. The molecule has 5 nitrogen and oxygen atoms in total.